The number of rotatable bonds is 2. The molecule has 0 radical (unpaired) electrons. The van der Waals surface area contributed by atoms with Gasteiger partial charge in [-0.05, 0) is 37.2 Å². The SMILES string of the molecule is CC(=O)N1CCC(C(=O)N2CCC(c3ccccc3)CC2)CC1. The number of amides is 2. The van der Waals surface area contributed by atoms with Crippen molar-refractivity contribution in [2.45, 2.75) is 38.5 Å². The Kier molecular flexibility index (Phi) is 4.99. The van der Waals surface area contributed by atoms with E-state index in [0.29, 0.717) is 11.8 Å². The van der Waals surface area contributed by atoms with Crippen molar-refractivity contribution in [2.75, 3.05) is 26.2 Å². The van der Waals surface area contributed by atoms with E-state index in [1.54, 1.807) is 6.92 Å². The number of benzene rings is 1. The lowest BCUT2D eigenvalue weighted by atomic mass is 9.88. The molecule has 1 aromatic carbocycles. The Bertz CT molecular complexity index is 542. The van der Waals surface area contributed by atoms with Crippen LogP contribution in [0.25, 0.3) is 0 Å². The van der Waals surface area contributed by atoms with Crippen molar-refractivity contribution >= 4 is 11.8 Å². The van der Waals surface area contributed by atoms with E-state index in [2.05, 4.69) is 30.3 Å². The van der Waals surface area contributed by atoms with E-state index in [1.165, 1.54) is 5.56 Å². The second kappa shape index (κ2) is 7.16. The molecule has 0 N–H and O–H groups in total. The maximum Gasteiger partial charge on any atom is 0.225 e. The molecule has 124 valence electrons. The Morgan fingerprint density at radius 3 is 2.00 bits per heavy atom. The van der Waals surface area contributed by atoms with Crippen LogP contribution in [0.1, 0.15) is 44.1 Å². The van der Waals surface area contributed by atoms with Crippen LogP contribution in [-0.2, 0) is 9.59 Å². The third kappa shape index (κ3) is 3.74. The van der Waals surface area contributed by atoms with Crippen molar-refractivity contribution in [1.29, 1.82) is 0 Å². The molecular weight excluding hydrogens is 288 g/mol. The number of piperidine rings is 2. The quantitative estimate of drug-likeness (QED) is 0.842. The summed E-state index contributed by atoms with van der Waals surface area (Å²) < 4.78 is 0. The predicted octanol–water partition coefficient (Wildman–Crippen LogP) is 2.65. The number of nitrogens with zero attached hydrogens (tertiary/aromatic N) is 2. The zero-order valence-corrected chi connectivity index (χ0v) is 13.9. The molecule has 0 atom stereocenters. The fraction of sp³-hybridized carbons (Fsp3) is 0.579. The van der Waals surface area contributed by atoms with Crippen molar-refractivity contribution in [3.8, 4) is 0 Å². The molecule has 2 saturated heterocycles. The Morgan fingerprint density at radius 2 is 1.43 bits per heavy atom. The lowest BCUT2D eigenvalue weighted by Crippen LogP contribution is -2.46. The van der Waals surface area contributed by atoms with E-state index in [1.807, 2.05) is 9.80 Å². The summed E-state index contributed by atoms with van der Waals surface area (Å²) in [4.78, 5) is 28.0. The maximum atomic E-state index is 12.7. The van der Waals surface area contributed by atoms with Gasteiger partial charge in [0.25, 0.3) is 0 Å². The van der Waals surface area contributed by atoms with E-state index in [0.717, 1.165) is 51.9 Å². The summed E-state index contributed by atoms with van der Waals surface area (Å²) in [6, 6.07) is 10.6. The molecule has 23 heavy (non-hydrogen) atoms. The van der Waals surface area contributed by atoms with Crippen molar-refractivity contribution in [3.63, 3.8) is 0 Å². The summed E-state index contributed by atoms with van der Waals surface area (Å²) in [6.45, 7) is 4.80. The normalized spacial score (nSPS) is 20.6. The molecule has 2 aliphatic rings. The van der Waals surface area contributed by atoms with E-state index >= 15 is 0 Å². The molecule has 2 heterocycles. The molecule has 0 spiro atoms. The van der Waals surface area contributed by atoms with Gasteiger partial charge < -0.3 is 9.80 Å². The summed E-state index contributed by atoms with van der Waals surface area (Å²) in [5.41, 5.74) is 1.40. The molecule has 0 bridgehead atoms. The minimum absolute atomic E-state index is 0.110. The summed E-state index contributed by atoms with van der Waals surface area (Å²) in [6.07, 6.45) is 3.75. The molecule has 2 amide bonds. The maximum absolute atomic E-state index is 12.7. The molecular formula is C19H26N2O2. The molecule has 0 unspecified atom stereocenters. The first-order valence-corrected chi connectivity index (χ1v) is 8.74. The predicted molar refractivity (Wildman–Crippen MR) is 90.0 cm³/mol. The third-order valence-electron chi connectivity index (χ3n) is 5.37. The first-order chi connectivity index (χ1) is 11.1. The van der Waals surface area contributed by atoms with Gasteiger partial charge in [-0.25, -0.2) is 0 Å². The lowest BCUT2D eigenvalue weighted by molar-refractivity contribution is -0.140. The first kappa shape index (κ1) is 16.0. The summed E-state index contributed by atoms with van der Waals surface area (Å²) in [5.74, 6) is 1.12. The second-order valence-electron chi connectivity index (χ2n) is 6.79. The van der Waals surface area contributed by atoms with Gasteiger partial charge in [0.1, 0.15) is 0 Å². The molecule has 1 aromatic rings. The standard InChI is InChI=1S/C19H26N2O2/c1-15(22)20-11-9-18(10-12-20)19(23)21-13-7-17(8-14-21)16-5-3-2-4-6-16/h2-6,17-18H,7-14H2,1H3. The zero-order valence-electron chi connectivity index (χ0n) is 13.9. The van der Waals surface area contributed by atoms with Gasteiger partial charge in [-0.1, -0.05) is 30.3 Å². The Balaban J connectivity index is 1.50. The Hall–Kier alpha value is -1.84. The fourth-order valence-electron chi connectivity index (χ4n) is 3.86. The van der Waals surface area contributed by atoms with E-state index < -0.39 is 0 Å². The molecule has 2 fully saturated rings. The topological polar surface area (TPSA) is 40.6 Å². The highest BCUT2D eigenvalue weighted by molar-refractivity contribution is 5.80. The average molecular weight is 314 g/mol. The summed E-state index contributed by atoms with van der Waals surface area (Å²) in [5, 5.41) is 0. The number of likely N-dealkylation sites (tertiary alicyclic amines) is 2. The monoisotopic (exact) mass is 314 g/mol. The summed E-state index contributed by atoms with van der Waals surface area (Å²) in [7, 11) is 0. The molecule has 0 saturated carbocycles. The van der Waals surface area contributed by atoms with Crippen LogP contribution in [0.2, 0.25) is 0 Å². The second-order valence-corrected chi connectivity index (χ2v) is 6.79. The van der Waals surface area contributed by atoms with Gasteiger partial charge >= 0.3 is 0 Å². The van der Waals surface area contributed by atoms with Crippen LogP contribution in [0.15, 0.2) is 30.3 Å². The number of carbonyl (C=O) groups excluding carboxylic acids is 2. The van der Waals surface area contributed by atoms with Gasteiger partial charge in [0.2, 0.25) is 11.8 Å². The van der Waals surface area contributed by atoms with Crippen molar-refractivity contribution in [1.82, 2.24) is 9.80 Å². The largest absolute Gasteiger partial charge is 0.343 e. The average Bonchev–Trinajstić information content (AvgIpc) is 2.62. The van der Waals surface area contributed by atoms with Crippen LogP contribution in [0, 0.1) is 5.92 Å². The minimum Gasteiger partial charge on any atom is -0.343 e. The fourth-order valence-corrected chi connectivity index (χ4v) is 3.86. The molecule has 3 rings (SSSR count). The van der Waals surface area contributed by atoms with Crippen LogP contribution in [-0.4, -0.2) is 47.8 Å². The van der Waals surface area contributed by atoms with Gasteiger partial charge in [-0.15, -0.1) is 0 Å². The minimum atomic E-state index is 0.110. The molecule has 0 aliphatic carbocycles. The molecule has 0 aromatic heterocycles. The number of carbonyl (C=O) groups is 2. The van der Waals surface area contributed by atoms with Crippen LogP contribution in [0.3, 0.4) is 0 Å². The highest BCUT2D eigenvalue weighted by Crippen LogP contribution is 2.29. The number of hydrogen-bond donors (Lipinski definition) is 0. The Labute approximate surface area is 138 Å². The van der Waals surface area contributed by atoms with Crippen LogP contribution in [0.4, 0.5) is 0 Å². The first-order valence-electron chi connectivity index (χ1n) is 8.74. The number of hydrogen-bond acceptors (Lipinski definition) is 2. The van der Waals surface area contributed by atoms with Crippen LogP contribution < -0.4 is 0 Å². The molecule has 4 heteroatoms. The van der Waals surface area contributed by atoms with Crippen LogP contribution in [0.5, 0.6) is 0 Å². The third-order valence-corrected chi connectivity index (χ3v) is 5.37. The van der Waals surface area contributed by atoms with Crippen molar-refractivity contribution < 1.29 is 9.59 Å². The van der Waals surface area contributed by atoms with E-state index in [-0.39, 0.29) is 11.8 Å². The van der Waals surface area contributed by atoms with E-state index in [9.17, 15) is 9.59 Å². The summed E-state index contributed by atoms with van der Waals surface area (Å²) >= 11 is 0. The van der Waals surface area contributed by atoms with Crippen molar-refractivity contribution in [2.24, 2.45) is 5.92 Å². The zero-order chi connectivity index (χ0) is 16.2. The van der Waals surface area contributed by atoms with Crippen molar-refractivity contribution in [3.05, 3.63) is 35.9 Å². The highest BCUT2D eigenvalue weighted by Gasteiger charge is 2.31. The lowest BCUT2D eigenvalue weighted by Gasteiger charge is -2.37. The molecule has 4 nitrogen and oxygen atoms in total. The van der Waals surface area contributed by atoms with E-state index in [4.69, 9.17) is 0 Å². The molecule has 2 aliphatic heterocycles. The van der Waals surface area contributed by atoms with Gasteiger partial charge in [0.05, 0.1) is 0 Å². The van der Waals surface area contributed by atoms with Gasteiger partial charge in [-0.3, -0.25) is 9.59 Å². The van der Waals surface area contributed by atoms with Crippen LogP contribution >= 0.6 is 0 Å². The van der Waals surface area contributed by atoms with Gasteiger partial charge in [0.15, 0.2) is 0 Å². The van der Waals surface area contributed by atoms with Gasteiger partial charge in [0, 0.05) is 39.0 Å². The highest BCUT2D eigenvalue weighted by atomic mass is 16.2. The Morgan fingerprint density at radius 1 is 0.870 bits per heavy atom. The smallest absolute Gasteiger partial charge is 0.225 e. The van der Waals surface area contributed by atoms with Gasteiger partial charge in [-0.2, -0.15) is 0 Å².